The van der Waals surface area contributed by atoms with Gasteiger partial charge in [0.15, 0.2) is 0 Å². The van der Waals surface area contributed by atoms with Crippen LogP contribution in [0, 0.1) is 28.5 Å². The lowest BCUT2D eigenvalue weighted by atomic mass is 10.1. The van der Waals surface area contributed by atoms with Gasteiger partial charge in [0.2, 0.25) is 0 Å². The summed E-state index contributed by atoms with van der Waals surface area (Å²) in [5.74, 6) is -1.79. The zero-order valence-corrected chi connectivity index (χ0v) is 9.55. The van der Waals surface area contributed by atoms with Crippen molar-refractivity contribution in [3.8, 4) is 17.9 Å². The minimum Gasteiger partial charge on any atom is -0.495 e. The van der Waals surface area contributed by atoms with Gasteiger partial charge in [-0.3, -0.25) is 0 Å². The third kappa shape index (κ3) is 3.02. The van der Waals surface area contributed by atoms with Crippen LogP contribution in [0.1, 0.15) is 11.1 Å². The molecule has 1 aromatic rings. The van der Waals surface area contributed by atoms with E-state index in [1.54, 1.807) is 0 Å². The Hall–Kier alpha value is -2.54. The van der Waals surface area contributed by atoms with Crippen molar-refractivity contribution in [3.63, 3.8) is 0 Å². The minimum atomic E-state index is -4.74. The quantitative estimate of drug-likeness (QED) is 0.612. The molecule has 1 rings (SSSR count). The Labute approximate surface area is 105 Å². The second-order valence-corrected chi connectivity index (χ2v) is 3.32. The van der Waals surface area contributed by atoms with Crippen LogP contribution in [0.2, 0.25) is 0 Å². The summed E-state index contributed by atoms with van der Waals surface area (Å²) in [6.45, 7) is 0. The van der Waals surface area contributed by atoms with E-state index in [0.29, 0.717) is 18.2 Å². The first-order chi connectivity index (χ1) is 8.85. The Morgan fingerprint density at radius 1 is 1.26 bits per heavy atom. The van der Waals surface area contributed by atoms with Crippen molar-refractivity contribution in [2.24, 2.45) is 0 Å². The molecule has 0 amide bonds. The lowest BCUT2D eigenvalue weighted by Gasteiger charge is -2.14. The predicted molar refractivity (Wildman–Crippen MR) is 57.2 cm³/mol. The van der Waals surface area contributed by atoms with Gasteiger partial charge in [0.05, 0.1) is 18.2 Å². The van der Waals surface area contributed by atoms with Crippen LogP contribution in [0.15, 0.2) is 17.7 Å². The Morgan fingerprint density at radius 3 is 2.26 bits per heavy atom. The molecular weight excluding hydrogens is 264 g/mol. The maximum Gasteiger partial charge on any atom is 0.419 e. The topological polar surface area (TPSA) is 56.8 Å². The molecule has 98 valence electrons. The van der Waals surface area contributed by atoms with Gasteiger partial charge in [0.25, 0.3) is 0 Å². The number of benzene rings is 1. The predicted octanol–water partition coefficient (Wildman–Crippen LogP) is 3.28. The molecule has 19 heavy (non-hydrogen) atoms. The summed E-state index contributed by atoms with van der Waals surface area (Å²) in [6.07, 6.45) is -4.02. The van der Waals surface area contributed by atoms with E-state index in [-0.39, 0.29) is 0 Å². The molecule has 0 spiro atoms. The van der Waals surface area contributed by atoms with Crippen LogP contribution in [0.3, 0.4) is 0 Å². The number of ether oxygens (including phenoxy) is 1. The van der Waals surface area contributed by atoms with Crippen molar-refractivity contribution in [2.45, 2.75) is 6.18 Å². The Balaban J connectivity index is 3.61. The summed E-state index contributed by atoms with van der Waals surface area (Å²) >= 11 is 0. The number of nitriles is 2. The highest BCUT2D eigenvalue weighted by atomic mass is 19.4. The van der Waals surface area contributed by atoms with Crippen LogP contribution in [-0.4, -0.2) is 7.11 Å². The Morgan fingerprint density at radius 2 is 1.84 bits per heavy atom. The number of hydrogen-bond donors (Lipinski definition) is 0. The van der Waals surface area contributed by atoms with Crippen molar-refractivity contribution in [3.05, 3.63) is 34.6 Å². The molecule has 0 heterocycles. The normalized spacial score (nSPS) is 10.3. The van der Waals surface area contributed by atoms with Crippen LogP contribution in [0.25, 0.3) is 6.08 Å². The highest BCUT2D eigenvalue weighted by Gasteiger charge is 2.35. The lowest BCUT2D eigenvalue weighted by Crippen LogP contribution is -2.09. The van der Waals surface area contributed by atoms with Crippen molar-refractivity contribution in [2.75, 3.05) is 7.11 Å². The molecule has 0 radical (unpaired) electrons. The molecule has 7 heteroatoms. The van der Waals surface area contributed by atoms with Crippen molar-refractivity contribution >= 4 is 6.08 Å². The van der Waals surface area contributed by atoms with E-state index in [1.165, 1.54) is 12.1 Å². The van der Waals surface area contributed by atoms with Gasteiger partial charge < -0.3 is 4.74 Å². The van der Waals surface area contributed by atoms with Gasteiger partial charge in [-0.25, -0.2) is 4.39 Å². The molecule has 0 fully saturated rings. The van der Waals surface area contributed by atoms with Crippen molar-refractivity contribution < 1.29 is 22.3 Å². The van der Waals surface area contributed by atoms with Gasteiger partial charge in [0, 0.05) is 0 Å². The summed E-state index contributed by atoms with van der Waals surface area (Å²) in [5.41, 5.74) is -2.30. The van der Waals surface area contributed by atoms with Crippen LogP contribution >= 0.6 is 0 Å². The zero-order valence-electron chi connectivity index (χ0n) is 9.55. The van der Waals surface area contributed by atoms with E-state index in [9.17, 15) is 17.6 Å². The molecule has 0 N–H and O–H groups in total. The second kappa shape index (κ2) is 5.40. The van der Waals surface area contributed by atoms with E-state index < -0.39 is 34.4 Å². The molecular formula is C12H6F4N2O. The summed E-state index contributed by atoms with van der Waals surface area (Å²) in [4.78, 5) is 0. The van der Waals surface area contributed by atoms with Crippen LogP contribution in [0.5, 0.6) is 5.75 Å². The van der Waals surface area contributed by atoms with Gasteiger partial charge in [-0.1, -0.05) is 0 Å². The molecule has 0 unspecified atom stereocenters. The molecule has 0 aliphatic rings. The molecule has 0 atom stereocenters. The highest BCUT2D eigenvalue weighted by molar-refractivity contribution is 5.68. The van der Waals surface area contributed by atoms with Crippen LogP contribution in [-0.2, 0) is 6.18 Å². The SMILES string of the molecule is COc1c(C(F)(F)F)ccc(F)c1C=C(C#N)C#N. The molecule has 0 bridgehead atoms. The maximum atomic E-state index is 13.5. The highest BCUT2D eigenvalue weighted by Crippen LogP contribution is 2.39. The lowest BCUT2D eigenvalue weighted by molar-refractivity contribution is -0.138. The summed E-state index contributed by atoms with van der Waals surface area (Å²) in [6, 6.07) is 4.00. The third-order valence-electron chi connectivity index (χ3n) is 2.18. The number of alkyl halides is 3. The van der Waals surface area contributed by atoms with E-state index >= 15 is 0 Å². The average Bonchev–Trinajstić information content (AvgIpc) is 2.35. The molecule has 0 saturated carbocycles. The average molecular weight is 270 g/mol. The van der Waals surface area contributed by atoms with E-state index in [0.717, 1.165) is 7.11 Å². The van der Waals surface area contributed by atoms with Gasteiger partial charge in [-0.05, 0) is 18.2 Å². The minimum absolute atomic E-state index is 0.531. The summed E-state index contributed by atoms with van der Waals surface area (Å²) < 4.78 is 56.2. The van der Waals surface area contributed by atoms with Gasteiger partial charge in [-0.15, -0.1) is 0 Å². The molecule has 1 aromatic carbocycles. The largest absolute Gasteiger partial charge is 0.495 e. The monoisotopic (exact) mass is 270 g/mol. The number of hydrogen-bond acceptors (Lipinski definition) is 3. The van der Waals surface area contributed by atoms with Crippen molar-refractivity contribution in [1.82, 2.24) is 0 Å². The first-order valence-corrected chi connectivity index (χ1v) is 4.80. The van der Waals surface area contributed by atoms with E-state index in [4.69, 9.17) is 10.5 Å². The smallest absolute Gasteiger partial charge is 0.419 e. The second-order valence-electron chi connectivity index (χ2n) is 3.32. The number of rotatable bonds is 2. The number of methoxy groups -OCH3 is 1. The van der Waals surface area contributed by atoms with Crippen LogP contribution in [0.4, 0.5) is 17.6 Å². The zero-order chi connectivity index (χ0) is 14.6. The molecule has 0 saturated heterocycles. The number of allylic oxidation sites excluding steroid dienone is 1. The van der Waals surface area contributed by atoms with Gasteiger partial charge in [-0.2, -0.15) is 23.7 Å². The standard InChI is InChI=1S/C12H6F4N2O/c1-19-11-8(4-7(5-17)6-18)10(13)3-2-9(11)12(14,15)16/h2-4H,1H3. The number of nitrogens with zero attached hydrogens (tertiary/aromatic N) is 2. The first-order valence-electron chi connectivity index (χ1n) is 4.80. The van der Waals surface area contributed by atoms with E-state index in [2.05, 4.69) is 4.74 Å². The Kier molecular flexibility index (Phi) is 4.13. The van der Waals surface area contributed by atoms with Gasteiger partial charge in [0.1, 0.15) is 29.3 Å². The summed E-state index contributed by atoms with van der Waals surface area (Å²) in [7, 11) is 0.944. The Bertz CT molecular complexity index is 590. The van der Waals surface area contributed by atoms with Crippen LogP contribution < -0.4 is 4.74 Å². The fourth-order valence-electron chi connectivity index (χ4n) is 1.39. The fourth-order valence-corrected chi connectivity index (χ4v) is 1.39. The molecule has 0 aliphatic heterocycles. The number of halogens is 4. The van der Waals surface area contributed by atoms with Gasteiger partial charge >= 0.3 is 6.18 Å². The third-order valence-corrected chi connectivity index (χ3v) is 2.18. The van der Waals surface area contributed by atoms with E-state index in [1.807, 2.05) is 0 Å². The summed E-state index contributed by atoms with van der Waals surface area (Å²) in [5, 5.41) is 17.1. The first kappa shape index (κ1) is 14.5. The fraction of sp³-hybridized carbons (Fsp3) is 0.167. The molecule has 3 nitrogen and oxygen atoms in total. The molecule has 0 aliphatic carbocycles. The molecule has 0 aromatic heterocycles. The maximum absolute atomic E-state index is 13.5. The van der Waals surface area contributed by atoms with Crippen molar-refractivity contribution in [1.29, 1.82) is 10.5 Å².